The summed E-state index contributed by atoms with van der Waals surface area (Å²) < 4.78 is 0. The number of pyridine rings is 1. The highest BCUT2D eigenvalue weighted by atomic mass is 14.9. The minimum absolute atomic E-state index is 0.828. The van der Waals surface area contributed by atoms with E-state index in [1.54, 1.807) is 0 Å². The number of benzene rings is 2. The molecule has 0 aliphatic rings. The Kier molecular flexibility index (Phi) is 3.38. The minimum atomic E-state index is 0.828. The lowest BCUT2D eigenvalue weighted by Gasteiger charge is -2.11. The lowest BCUT2D eigenvalue weighted by molar-refractivity contribution is 1.14. The van der Waals surface area contributed by atoms with E-state index in [9.17, 15) is 0 Å². The number of aromatic nitrogens is 1. The van der Waals surface area contributed by atoms with Gasteiger partial charge in [-0.3, -0.25) is 4.98 Å². The second-order valence-corrected chi connectivity index (χ2v) is 5.17. The van der Waals surface area contributed by atoms with Crippen LogP contribution in [0.4, 0.5) is 5.69 Å². The third kappa shape index (κ3) is 2.50. The lowest BCUT2D eigenvalue weighted by Crippen LogP contribution is -2.00. The number of hydrogen-bond donors (Lipinski definition) is 1. The van der Waals surface area contributed by atoms with E-state index in [4.69, 9.17) is 0 Å². The van der Waals surface area contributed by atoms with Crippen LogP contribution >= 0.6 is 0 Å². The van der Waals surface area contributed by atoms with Crippen molar-refractivity contribution in [3.8, 4) is 0 Å². The molecule has 0 radical (unpaired) electrons. The van der Waals surface area contributed by atoms with Crippen molar-refractivity contribution >= 4 is 16.6 Å². The van der Waals surface area contributed by atoms with E-state index in [0.29, 0.717) is 0 Å². The summed E-state index contributed by atoms with van der Waals surface area (Å²) in [5.74, 6) is 0. The number of aryl methyl sites for hydroxylation is 2. The van der Waals surface area contributed by atoms with Crippen LogP contribution in [0.1, 0.15) is 16.7 Å². The maximum Gasteiger partial charge on any atom is 0.0751 e. The smallest absolute Gasteiger partial charge is 0.0751 e. The third-order valence-corrected chi connectivity index (χ3v) is 3.54. The fourth-order valence-electron chi connectivity index (χ4n) is 2.49. The van der Waals surface area contributed by atoms with Gasteiger partial charge in [-0.2, -0.15) is 0 Å². The minimum Gasteiger partial charge on any atom is -0.380 e. The van der Waals surface area contributed by atoms with Gasteiger partial charge in [0.25, 0.3) is 0 Å². The van der Waals surface area contributed by atoms with Gasteiger partial charge in [0.15, 0.2) is 0 Å². The lowest BCUT2D eigenvalue weighted by atomic mass is 10.1. The van der Waals surface area contributed by atoms with Crippen molar-refractivity contribution in [3.05, 3.63) is 71.4 Å². The largest absolute Gasteiger partial charge is 0.380 e. The van der Waals surface area contributed by atoms with Gasteiger partial charge in [-0.1, -0.05) is 35.9 Å². The Morgan fingerprint density at radius 2 is 1.90 bits per heavy atom. The number of nitrogens with one attached hydrogen (secondary N) is 1. The van der Waals surface area contributed by atoms with E-state index in [-0.39, 0.29) is 0 Å². The molecule has 0 amide bonds. The molecule has 0 fully saturated rings. The van der Waals surface area contributed by atoms with Gasteiger partial charge in [0, 0.05) is 23.8 Å². The van der Waals surface area contributed by atoms with Gasteiger partial charge in [-0.25, -0.2) is 0 Å². The summed E-state index contributed by atoms with van der Waals surface area (Å²) in [5, 5.41) is 4.70. The molecule has 2 aromatic carbocycles. The van der Waals surface area contributed by atoms with E-state index in [1.165, 1.54) is 22.1 Å². The normalized spacial score (nSPS) is 10.7. The molecule has 0 spiro atoms. The fourth-order valence-corrected chi connectivity index (χ4v) is 2.49. The first kappa shape index (κ1) is 12.7. The summed E-state index contributed by atoms with van der Waals surface area (Å²) in [6.45, 7) is 5.04. The molecule has 0 aliphatic heterocycles. The average Bonchev–Trinajstić information content (AvgIpc) is 2.47. The van der Waals surface area contributed by atoms with Crippen LogP contribution in [0.15, 0.2) is 54.7 Å². The van der Waals surface area contributed by atoms with Gasteiger partial charge < -0.3 is 5.32 Å². The standard InChI is InChI=1S/C18H18N2/c1-13-5-3-6-15(11-13)12-20-17-9-8-14(2)18-16(17)7-4-10-19-18/h3-11,20H,12H2,1-2H3. The second-order valence-electron chi connectivity index (χ2n) is 5.17. The number of rotatable bonds is 3. The van der Waals surface area contributed by atoms with Crippen LogP contribution in [0, 0.1) is 13.8 Å². The predicted octanol–water partition coefficient (Wildman–Crippen LogP) is 4.46. The molecular weight excluding hydrogens is 244 g/mol. The zero-order valence-electron chi connectivity index (χ0n) is 11.9. The average molecular weight is 262 g/mol. The highest BCUT2D eigenvalue weighted by Gasteiger charge is 2.04. The molecule has 2 heteroatoms. The van der Waals surface area contributed by atoms with E-state index < -0.39 is 0 Å². The van der Waals surface area contributed by atoms with Gasteiger partial charge in [-0.15, -0.1) is 0 Å². The summed E-state index contributed by atoms with van der Waals surface area (Å²) in [7, 11) is 0. The Bertz CT molecular complexity index is 747. The highest BCUT2D eigenvalue weighted by Crippen LogP contribution is 2.25. The zero-order valence-corrected chi connectivity index (χ0v) is 11.9. The number of nitrogens with zero attached hydrogens (tertiary/aromatic N) is 1. The van der Waals surface area contributed by atoms with Gasteiger partial charge in [0.05, 0.1) is 5.52 Å². The van der Waals surface area contributed by atoms with Crippen molar-refractivity contribution in [2.45, 2.75) is 20.4 Å². The van der Waals surface area contributed by atoms with Crippen LogP contribution in [-0.2, 0) is 6.54 Å². The maximum absolute atomic E-state index is 4.47. The highest BCUT2D eigenvalue weighted by molar-refractivity contribution is 5.93. The second kappa shape index (κ2) is 5.33. The first-order chi connectivity index (χ1) is 9.74. The van der Waals surface area contributed by atoms with Crippen molar-refractivity contribution < 1.29 is 0 Å². The number of hydrogen-bond acceptors (Lipinski definition) is 2. The van der Waals surface area contributed by atoms with Crippen LogP contribution in [0.25, 0.3) is 10.9 Å². The molecule has 0 unspecified atom stereocenters. The Morgan fingerprint density at radius 3 is 2.75 bits per heavy atom. The molecular formula is C18H18N2. The Morgan fingerprint density at radius 1 is 1.00 bits per heavy atom. The summed E-state index contributed by atoms with van der Waals surface area (Å²) in [6, 6.07) is 16.9. The van der Waals surface area contributed by atoms with Crippen molar-refractivity contribution in [1.29, 1.82) is 0 Å². The van der Waals surface area contributed by atoms with Crippen molar-refractivity contribution in [1.82, 2.24) is 4.98 Å². The molecule has 0 saturated heterocycles. The first-order valence-electron chi connectivity index (χ1n) is 6.88. The van der Waals surface area contributed by atoms with E-state index in [2.05, 4.69) is 66.6 Å². The van der Waals surface area contributed by atoms with Crippen molar-refractivity contribution in [2.75, 3.05) is 5.32 Å². The van der Waals surface area contributed by atoms with E-state index in [0.717, 1.165) is 17.7 Å². The molecule has 3 aromatic rings. The molecule has 0 bridgehead atoms. The molecule has 1 heterocycles. The summed E-state index contributed by atoms with van der Waals surface area (Å²) in [4.78, 5) is 4.47. The van der Waals surface area contributed by atoms with E-state index in [1.807, 2.05) is 12.3 Å². The molecule has 3 rings (SSSR count). The number of anilines is 1. The first-order valence-corrected chi connectivity index (χ1v) is 6.88. The van der Waals surface area contributed by atoms with Crippen LogP contribution in [0.2, 0.25) is 0 Å². The summed E-state index contributed by atoms with van der Waals surface area (Å²) in [5.41, 5.74) is 6.01. The molecule has 1 aromatic heterocycles. The summed E-state index contributed by atoms with van der Waals surface area (Å²) in [6.07, 6.45) is 1.85. The molecule has 20 heavy (non-hydrogen) atoms. The number of fused-ring (bicyclic) bond motifs is 1. The Labute approximate surface area is 119 Å². The van der Waals surface area contributed by atoms with Crippen LogP contribution in [0.3, 0.4) is 0 Å². The van der Waals surface area contributed by atoms with Crippen molar-refractivity contribution in [3.63, 3.8) is 0 Å². The van der Waals surface area contributed by atoms with Gasteiger partial charge >= 0.3 is 0 Å². The van der Waals surface area contributed by atoms with Gasteiger partial charge in [-0.05, 0) is 43.2 Å². The quantitative estimate of drug-likeness (QED) is 0.753. The molecule has 0 aliphatic carbocycles. The van der Waals surface area contributed by atoms with Crippen LogP contribution in [-0.4, -0.2) is 4.98 Å². The molecule has 1 N–H and O–H groups in total. The monoisotopic (exact) mass is 262 g/mol. The van der Waals surface area contributed by atoms with Crippen LogP contribution < -0.4 is 5.32 Å². The SMILES string of the molecule is Cc1cccc(CNc2ccc(C)c3ncccc23)c1. The van der Waals surface area contributed by atoms with Gasteiger partial charge in [0.2, 0.25) is 0 Å². The Balaban J connectivity index is 1.90. The van der Waals surface area contributed by atoms with Crippen LogP contribution in [0.5, 0.6) is 0 Å². The fraction of sp³-hybridized carbons (Fsp3) is 0.167. The molecule has 100 valence electrons. The molecule has 2 nitrogen and oxygen atoms in total. The maximum atomic E-state index is 4.47. The summed E-state index contributed by atoms with van der Waals surface area (Å²) >= 11 is 0. The van der Waals surface area contributed by atoms with Crippen molar-refractivity contribution in [2.24, 2.45) is 0 Å². The molecule has 0 atom stereocenters. The topological polar surface area (TPSA) is 24.9 Å². The Hall–Kier alpha value is -2.35. The predicted molar refractivity (Wildman–Crippen MR) is 85.0 cm³/mol. The van der Waals surface area contributed by atoms with E-state index >= 15 is 0 Å². The zero-order chi connectivity index (χ0) is 13.9. The third-order valence-electron chi connectivity index (χ3n) is 3.54. The van der Waals surface area contributed by atoms with Gasteiger partial charge in [0.1, 0.15) is 0 Å². The molecule has 0 saturated carbocycles.